The predicted molar refractivity (Wildman–Crippen MR) is 71.3 cm³/mol. The minimum atomic E-state index is 0.862. The Kier molecular flexibility index (Phi) is 3.93. The quantitative estimate of drug-likeness (QED) is 0.860. The van der Waals surface area contributed by atoms with Gasteiger partial charge in [0.2, 0.25) is 0 Å². The molecule has 86 valence electrons. The Morgan fingerprint density at radius 3 is 2.94 bits per heavy atom. The fraction of sp³-hybridized carbons (Fsp3) is 0.364. The van der Waals surface area contributed by atoms with Crippen molar-refractivity contribution in [1.82, 2.24) is 10.3 Å². The first-order valence-electron chi connectivity index (χ1n) is 5.15. The van der Waals surface area contributed by atoms with Crippen molar-refractivity contribution in [3.8, 4) is 0 Å². The normalized spacial score (nSPS) is 10.6. The van der Waals surface area contributed by atoms with Gasteiger partial charge in [-0.2, -0.15) is 0 Å². The topological polar surface area (TPSA) is 37.0 Å². The van der Waals surface area contributed by atoms with Gasteiger partial charge in [0, 0.05) is 22.5 Å². The summed E-state index contributed by atoms with van der Waals surface area (Å²) >= 11 is 3.48. The average molecular weight is 253 g/mol. The van der Waals surface area contributed by atoms with E-state index < -0.39 is 0 Å². The second kappa shape index (κ2) is 5.43. The highest BCUT2D eigenvalue weighted by Gasteiger charge is 2.01. The predicted octanol–water partition coefficient (Wildman–Crippen LogP) is 2.84. The van der Waals surface area contributed by atoms with Crippen LogP contribution in [-0.2, 0) is 13.1 Å². The molecule has 5 heteroatoms. The molecule has 2 N–H and O–H groups in total. The molecule has 0 atom stereocenters. The van der Waals surface area contributed by atoms with Crippen LogP contribution in [0.4, 0.5) is 5.13 Å². The van der Waals surface area contributed by atoms with Crippen molar-refractivity contribution in [2.75, 3.05) is 12.4 Å². The molecular weight excluding hydrogens is 238 g/mol. The molecule has 0 aliphatic rings. The van der Waals surface area contributed by atoms with E-state index in [9.17, 15) is 0 Å². The largest absolute Gasteiger partial charge is 0.357 e. The summed E-state index contributed by atoms with van der Waals surface area (Å²) in [5.41, 5.74) is 1.35. The molecule has 0 aromatic carbocycles. The molecule has 0 radical (unpaired) electrons. The number of rotatable bonds is 5. The van der Waals surface area contributed by atoms with Crippen molar-refractivity contribution < 1.29 is 0 Å². The molecule has 2 aromatic heterocycles. The zero-order valence-electron chi connectivity index (χ0n) is 9.41. The van der Waals surface area contributed by atoms with Crippen molar-refractivity contribution in [3.63, 3.8) is 0 Å². The molecule has 0 aliphatic heterocycles. The second-order valence-electron chi connectivity index (χ2n) is 3.58. The van der Waals surface area contributed by atoms with Crippen LogP contribution in [0.25, 0.3) is 0 Å². The smallest absolute Gasteiger partial charge is 0.183 e. The number of aromatic nitrogens is 1. The first kappa shape index (κ1) is 11.6. The minimum absolute atomic E-state index is 0.862. The van der Waals surface area contributed by atoms with Gasteiger partial charge in [-0.1, -0.05) is 0 Å². The van der Waals surface area contributed by atoms with Gasteiger partial charge >= 0.3 is 0 Å². The number of thiazole rings is 1. The lowest BCUT2D eigenvalue weighted by atomic mass is 10.3. The number of anilines is 1. The number of nitrogens with one attached hydrogen (secondary N) is 2. The van der Waals surface area contributed by atoms with Crippen LogP contribution in [-0.4, -0.2) is 12.0 Å². The van der Waals surface area contributed by atoms with Gasteiger partial charge in [0.05, 0.1) is 6.54 Å². The van der Waals surface area contributed by atoms with E-state index in [4.69, 9.17) is 0 Å². The van der Waals surface area contributed by atoms with Crippen LogP contribution in [0.3, 0.4) is 0 Å². The summed E-state index contributed by atoms with van der Waals surface area (Å²) in [4.78, 5) is 6.86. The average Bonchev–Trinajstić information content (AvgIpc) is 2.85. The number of thiophene rings is 1. The van der Waals surface area contributed by atoms with Gasteiger partial charge in [-0.3, -0.25) is 0 Å². The second-order valence-corrected chi connectivity index (χ2v) is 5.81. The summed E-state index contributed by atoms with van der Waals surface area (Å²) < 4.78 is 0. The third-order valence-electron chi connectivity index (χ3n) is 2.12. The first-order chi connectivity index (χ1) is 7.78. The summed E-state index contributed by atoms with van der Waals surface area (Å²) in [5.74, 6) is 0. The Labute approximate surface area is 104 Å². The van der Waals surface area contributed by atoms with E-state index in [0.29, 0.717) is 0 Å². The highest BCUT2D eigenvalue weighted by Crippen LogP contribution is 2.20. The van der Waals surface area contributed by atoms with Crippen LogP contribution < -0.4 is 10.6 Å². The molecule has 0 saturated carbocycles. The molecule has 0 unspecified atom stereocenters. The summed E-state index contributed by atoms with van der Waals surface area (Å²) in [6.07, 6.45) is 1.90. The van der Waals surface area contributed by atoms with E-state index in [1.54, 1.807) is 22.7 Å². The first-order valence-corrected chi connectivity index (χ1v) is 6.84. The lowest BCUT2D eigenvalue weighted by molar-refractivity contribution is 0.820. The molecule has 0 bridgehead atoms. The fourth-order valence-corrected chi connectivity index (χ4v) is 2.90. The summed E-state index contributed by atoms with van der Waals surface area (Å²) in [6.45, 7) is 3.87. The maximum absolute atomic E-state index is 4.27. The zero-order chi connectivity index (χ0) is 11.4. The highest BCUT2D eigenvalue weighted by atomic mass is 32.1. The van der Waals surface area contributed by atoms with Gasteiger partial charge in [-0.05, 0) is 31.0 Å². The van der Waals surface area contributed by atoms with Crippen LogP contribution >= 0.6 is 22.7 Å². The van der Waals surface area contributed by atoms with E-state index in [-0.39, 0.29) is 0 Å². The van der Waals surface area contributed by atoms with Crippen molar-refractivity contribution in [2.45, 2.75) is 20.0 Å². The molecule has 2 aromatic rings. The Balaban J connectivity index is 1.89. The minimum Gasteiger partial charge on any atom is -0.357 e. The molecule has 2 heterocycles. The molecule has 2 rings (SSSR count). The SMILES string of the molecule is CNCc1csc(CNc2ncc(C)s2)c1. The van der Waals surface area contributed by atoms with Crippen LogP contribution in [0, 0.1) is 6.92 Å². The van der Waals surface area contributed by atoms with Gasteiger partial charge in [-0.15, -0.1) is 22.7 Å². The molecule has 0 saturated heterocycles. The molecule has 0 spiro atoms. The Morgan fingerprint density at radius 2 is 2.25 bits per heavy atom. The Bertz CT molecular complexity index is 448. The molecule has 3 nitrogen and oxygen atoms in total. The van der Waals surface area contributed by atoms with Gasteiger partial charge < -0.3 is 10.6 Å². The lowest BCUT2D eigenvalue weighted by Crippen LogP contribution is -2.03. The van der Waals surface area contributed by atoms with Gasteiger partial charge in [0.25, 0.3) is 0 Å². The summed E-state index contributed by atoms with van der Waals surface area (Å²) in [5, 5.41) is 9.68. The molecule has 16 heavy (non-hydrogen) atoms. The van der Waals surface area contributed by atoms with Gasteiger partial charge in [0.15, 0.2) is 5.13 Å². The molecule has 0 aliphatic carbocycles. The third-order valence-corrected chi connectivity index (χ3v) is 3.98. The molecule has 0 fully saturated rings. The monoisotopic (exact) mass is 253 g/mol. The van der Waals surface area contributed by atoms with E-state index in [1.807, 2.05) is 13.2 Å². The van der Waals surface area contributed by atoms with Crippen LogP contribution in [0.2, 0.25) is 0 Å². The molecule has 0 amide bonds. The van der Waals surface area contributed by atoms with Crippen LogP contribution in [0.15, 0.2) is 17.6 Å². The zero-order valence-corrected chi connectivity index (χ0v) is 11.0. The van der Waals surface area contributed by atoms with Crippen LogP contribution in [0.5, 0.6) is 0 Å². The number of hydrogen-bond donors (Lipinski definition) is 2. The number of nitrogens with zero attached hydrogens (tertiary/aromatic N) is 1. The number of aryl methyl sites for hydroxylation is 1. The third kappa shape index (κ3) is 3.04. The fourth-order valence-electron chi connectivity index (χ4n) is 1.41. The van der Waals surface area contributed by atoms with Gasteiger partial charge in [-0.25, -0.2) is 4.98 Å². The maximum atomic E-state index is 4.27. The van der Waals surface area contributed by atoms with Crippen molar-refractivity contribution >= 4 is 27.8 Å². The lowest BCUT2D eigenvalue weighted by Gasteiger charge is -1.98. The van der Waals surface area contributed by atoms with Gasteiger partial charge in [0.1, 0.15) is 0 Å². The van der Waals surface area contributed by atoms with Crippen molar-refractivity contribution in [1.29, 1.82) is 0 Å². The van der Waals surface area contributed by atoms with E-state index in [2.05, 4.69) is 34.0 Å². The summed E-state index contributed by atoms with van der Waals surface area (Å²) in [6, 6.07) is 2.23. The standard InChI is InChI=1S/C11H15N3S2/c1-8-4-13-11(16-8)14-6-10-3-9(5-12-2)7-15-10/h3-4,7,12H,5-6H2,1-2H3,(H,13,14). The highest BCUT2D eigenvalue weighted by molar-refractivity contribution is 7.15. The van der Waals surface area contributed by atoms with E-state index in [0.717, 1.165) is 18.2 Å². The van der Waals surface area contributed by atoms with E-state index in [1.165, 1.54) is 15.3 Å². The Morgan fingerprint density at radius 1 is 1.38 bits per heavy atom. The molecular formula is C11H15N3S2. The summed E-state index contributed by atoms with van der Waals surface area (Å²) in [7, 11) is 1.97. The Hall–Kier alpha value is -0.910. The van der Waals surface area contributed by atoms with Crippen molar-refractivity contribution in [3.05, 3.63) is 33.0 Å². The maximum Gasteiger partial charge on any atom is 0.183 e. The van der Waals surface area contributed by atoms with Crippen LogP contribution in [0.1, 0.15) is 15.3 Å². The van der Waals surface area contributed by atoms with Crippen molar-refractivity contribution in [2.24, 2.45) is 0 Å². The number of hydrogen-bond acceptors (Lipinski definition) is 5. The van der Waals surface area contributed by atoms with E-state index >= 15 is 0 Å².